The molecule has 1 saturated heterocycles. The van der Waals surface area contributed by atoms with Crippen LogP contribution in [-0.2, 0) is 16.4 Å². The zero-order valence-corrected chi connectivity index (χ0v) is 24.7. The van der Waals surface area contributed by atoms with Gasteiger partial charge in [-0.1, -0.05) is 30.3 Å². The van der Waals surface area contributed by atoms with Gasteiger partial charge in [0.25, 0.3) is 0 Å². The summed E-state index contributed by atoms with van der Waals surface area (Å²) in [4.78, 5) is 21.5. The van der Waals surface area contributed by atoms with E-state index in [-0.39, 0.29) is 12.6 Å². The number of fused-ring (bicyclic) bond motifs is 4. The molecule has 1 fully saturated rings. The van der Waals surface area contributed by atoms with Crippen molar-refractivity contribution in [2.75, 3.05) is 50.9 Å². The zero-order chi connectivity index (χ0) is 28.6. The number of amides is 2. The molecule has 0 bridgehead atoms. The first-order valence-electron chi connectivity index (χ1n) is 13.7. The number of carbonyl (C=O) groups is 1. The van der Waals surface area contributed by atoms with Gasteiger partial charge in [0, 0.05) is 44.5 Å². The van der Waals surface area contributed by atoms with Crippen molar-refractivity contribution in [2.24, 2.45) is 0 Å². The number of sulfonamides is 1. The number of benzene rings is 3. The molecule has 0 radical (unpaired) electrons. The molecule has 1 aliphatic heterocycles. The van der Waals surface area contributed by atoms with Gasteiger partial charge in [-0.15, -0.1) is 11.3 Å². The number of aryl methyl sites for hydroxylation is 1. The lowest BCUT2D eigenvalue weighted by Gasteiger charge is -2.36. The van der Waals surface area contributed by atoms with Crippen LogP contribution in [0.4, 0.5) is 10.5 Å². The van der Waals surface area contributed by atoms with E-state index in [0.717, 1.165) is 33.6 Å². The van der Waals surface area contributed by atoms with E-state index in [1.54, 1.807) is 16.2 Å². The van der Waals surface area contributed by atoms with Crippen molar-refractivity contribution in [3.8, 4) is 16.9 Å². The van der Waals surface area contributed by atoms with Crippen LogP contribution in [0.1, 0.15) is 16.1 Å². The van der Waals surface area contributed by atoms with Crippen LogP contribution >= 0.6 is 11.3 Å². The molecule has 0 spiro atoms. The number of hydrogen-bond donors (Lipinski definition) is 2. The molecule has 2 aliphatic rings. The van der Waals surface area contributed by atoms with Crippen molar-refractivity contribution in [1.29, 1.82) is 0 Å². The summed E-state index contributed by atoms with van der Waals surface area (Å²) >= 11 is 1.62. The molecule has 6 rings (SSSR count). The van der Waals surface area contributed by atoms with Gasteiger partial charge < -0.3 is 15.0 Å². The maximum atomic E-state index is 13.0. The Hall–Kier alpha value is -3.51. The molecule has 1 unspecified atom stereocenters. The van der Waals surface area contributed by atoms with Gasteiger partial charge >= 0.3 is 6.03 Å². The topological polar surface area (TPSA) is 104 Å². The number of piperazine rings is 1. The Kier molecular flexibility index (Phi) is 7.69. The second-order valence-electron chi connectivity index (χ2n) is 10.7. The maximum absolute atomic E-state index is 13.0. The highest BCUT2D eigenvalue weighted by Gasteiger charge is 2.25. The molecule has 4 aromatic rings. The van der Waals surface area contributed by atoms with Crippen molar-refractivity contribution < 1.29 is 17.9 Å². The van der Waals surface area contributed by atoms with E-state index in [4.69, 9.17) is 4.74 Å². The van der Waals surface area contributed by atoms with Gasteiger partial charge in [-0.05, 0) is 59.9 Å². The zero-order valence-electron chi connectivity index (χ0n) is 23.1. The van der Waals surface area contributed by atoms with E-state index in [0.29, 0.717) is 38.5 Å². The first-order chi connectivity index (χ1) is 19.7. The number of carbonyl (C=O) groups excluding carboxylic acids is 1. The molecular formula is C30H33N5O4S2. The summed E-state index contributed by atoms with van der Waals surface area (Å²) in [6, 6.07) is 19.7. The summed E-state index contributed by atoms with van der Waals surface area (Å²) in [6.07, 6.45) is 2.03. The molecule has 214 valence electrons. The van der Waals surface area contributed by atoms with Crippen LogP contribution in [0.25, 0.3) is 21.3 Å². The maximum Gasteiger partial charge on any atom is 0.321 e. The SMILES string of the molecule is Cc1nc2cc(OCC(CN3CCN(C(=O)Nc4ccc5c(c4)Cc4ccccc4-5)CC3)NS(C)(=O)=O)ccc2s1. The molecule has 1 aliphatic carbocycles. The van der Waals surface area contributed by atoms with E-state index in [1.807, 2.05) is 31.2 Å². The van der Waals surface area contributed by atoms with Crippen molar-refractivity contribution in [1.82, 2.24) is 19.5 Å². The second-order valence-corrected chi connectivity index (χ2v) is 13.7. The number of hydrogen-bond acceptors (Lipinski definition) is 7. The fraction of sp³-hybridized carbons (Fsp3) is 0.333. The molecule has 9 nitrogen and oxygen atoms in total. The normalized spacial score (nSPS) is 15.9. The Balaban J connectivity index is 1.02. The van der Waals surface area contributed by atoms with Gasteiger partial charge in [0.1, 0.15) is 12.4 Å². The standard InChI is InChI=1S/C30H33N5O4S2/c1-20-31-28-17-25(8-10-29(28)40-20)39-19-24(33-41(2,37)38)18-34-11-13-35(14-12-34)30(36)32-23-7-9-27-22(16-23)15-21-5-3-4-6-26(21)27/h3-10,16-17,24,33H,11-15,18-19H2,1-2H3,(H,32,36). The molecule has 2 N–H and O–H groups in total. The first-order valence-corrected chi connectivity index (χ1v) is 16.4. The number of nitrogens with zero attached hydrogens (tertiary/aromatic N) is 3. The number of anilines is 1. The summed E-state index contributed by atoms with van der Waals surface area (Å²) in [5.41, 5.74) is 6.70. The highest BCUT2D eigenvalue weighted by molar-refractivity contribution is 7.88. The number of ether oxygens (including phenoxy) is 1. The minimum atomic E-state index is -3.43. The van der Waals surface area contributed by atoms with Crippen molar-refractivity contribution >= 4 is 43.3 Å². The van der Waals surface area contributed by atoms with Crippen LogP contribution in [0.2, 0.25) is 0 Å². The second kappa shape index (κ2) is 11.4. The predicted molar refractivity (Wildman–Crippen MR) is 163 cm³/mol. The van der Waals surface area contributed by atoms with Gasteiger partial charge in [0.2, 0.25) is 10.0 Å². The number of aromatic nitrogens is 1. The Morgan fingerprint density at radius 3 is 2.61 bits per heavy atom. The molecular weight excluding hydrogens is 558 g/mol. The minimum absolute atomic E-state index is 0.123. The lowest BCUT2D eigenvalue weighted by molar-refractivity contribution is 0.132. The average molecular weight is 592 g/mol. The molecule has 3 aromatic carbocycles. The fourth-order valence-corrected chi connectivity index (χ4v) is 7.16. The Labute approximate surface area is 244 Å². The third kappa shape index (κ3) is 6.54. The van der Waals surface area contributed by atoms with Crippen LogP contribution in [0.3, 0.4) is 0 Å². The van der Waals surface area contributed by atoms with Crippen molar-refractivity contribution in [3.63, 3.8) is 0 Å². The molecule has 1 atom stereocenters. The molecule has 1 aromatic heterocycles. The van der Waals surface area contributed by atoms with E-state index < -0.39 is 16.1 Å². The Bertz CT molecular complexity index is 1700. The van der Waals surface area contributed by atoms with E-state index in [2.05, 4.69) is 56.3 Å². The smallest absolute Gasteiger partial charge is 0.321 e. The summed E-state index contributed by atoms with van der Waals surface area (Å²) in [7, 11) is -3.43. The number of urea groups is 1. The molecule has 2 amide bonds. The Morgan fingerprint density at radius 2 is 1.80 bits per heavy atom. The van der Waals surface area contributed by atoms with E-state index in [9.17, 15) is 13.2 Å². The number of nitrogens with one attached hydrogen (secondary N) is 2. The molecule has 41 heavy (non-hydrogen) atoms. The highest BCUT2D eigenvalue weighted by atomic mass is 32.2. The molecule has 2 heterocycles. The summed E-state index contributed by atoms with van der Waals surface area (Å²) in [5.74, 6) is 0.653. The minimum Gasteiger partial charge on any atom is -0.492 e. The number of rotatable bonds is 8. The Morgan fingerprint density at radius 1 is 1.02 bits per heavy atom. The van der Waals surface area contributed by atoms with Gasteiger partial charge in [-0.2, -0.15) is 0 Å². The summed E-state index contributed by atoms with van der Waals surface area (Å²) < 4.78 is 33.9. The van der Waals surface area contributed by atoms with E-state index in [1.165, 1.54) is 22.3 Å². The van der Waals surface area contributed by atoms with Crippen LogP contribution in [0.15, 0.2) is 60.7 Å². The van der Waals surface area contributed by atoms with Crippen LogP contribution < -0.4 is 14.8 Å². The largest absolute Gasteiger partial charge is 0.492 e. The molecule has 0 saturated carbocycles. The third-order valence-corrected chi connectivity index (χ3v) is 9.19. The number of thiazole rings is 1. The van der Waals surface area contributed by atoms with Crippen molar-refractivity contribution in [2.45, 2.75) is 19.4 Å². The summed E-state index contributed by atoms with van der Waals surface area (Å²) in [5, 5.41) is 4.05. The summed E-state index contributed by atoms with van der Waals surface area (Å²) in [6.45, 7) is 5.00. The molecule has 11 heteroatoms. The average Bonchev–Trinajstić information content (AvgIpc) is 3.49. The first kappa shape index (κ1) is 27.6. The third-order valence-electron chi connectivity index (χ3n) is 7.48. The van der Waals surface area contributed by atoms with Gasteiger partial charge in [-0.3, -0.25) is 4.90 Å². The lowest BCUT2D eigenvalue weighted by atomic mass is 10.1. The monoisotopic (exact) mass is 591 g/mol. The predicted octanol–water partition coefficient (Wildman–Crippen LogP) is 4.32. The van der Waals surface area contributed by atoms with Crippen LogP contribution in [-0.4, -0.2) is 80.9 Å². The lowest BCUT2D eigenvalue weighted by Crippen LogP contribution is -2.54. The fourth-order valence-electron chi connectivity index (χ4n) is 5.61. The quantitative estimate of drug-likeness (QED) is 0.279. The van der Waals surface area contributed by atoms with Gasteiger partial charge in [0.05, 0.1) is 27.5 Å². The van der Waals surface area contributed by atoms with Gasteiger partial charge in [-0.25, -0.2) is 22.9 Å². The van der Waals surface area contributed by atoms with E-state index >= 15 is 0 Å². The van der Waals surface area contributed by atoms with Crippen LogP contribution in [0.5, 0.6) is 5.75 Å². The highest BCUT2D eigenvalue weighted by Crippen LogP contribution is 2.37. The van der Waals surface area contributed by atoms with Crippen LogP contribution in [0, 0.1) is 6.92 Å². The van der Waals surface area contributed by atoms with Crippen molar-refractivity contribution in [3.05, 3.63) is 76.8 Å². The van der Waals surface area contributed by atoms with Gasteiger partial charge in [0.15, 0.2) is 0 Å².